The zero-order valence-corrected chi connectivity index (χ0v) is 51.5. The van der Waals surface area contributed by atoms with Crippen LogP contribution in [0.1, 0.15) is 211 Å². The van der Waals surface area contributed by atoms with Crippen LogP contribution in [0, 0.1) is 0 Å². The molecule has 2 atom stereocenters. The molecular weight excluding hydrogens is 879 g/mol. The lowest BCUT2D eigenvalue weighted by Crippen LogP contribution is -2.21. The fourth-order valence-corrected chi connectivity index (χ4v) is 10.6. The molecule has 376 valence electrons. The maximum Gasteiger partial charge on any atom is -0.000730 e. The first kappa shape index (κ1) is 57.1. The van der Waals surface area contributed by atoms with E-state index >= 15 is 0 Å². The molecule has 0 saturated carbocycles. The Labute approximate surface area is 435 Å². The molecule has 2 heteroatoms. The topological polar surface area (TPSA) is 0 Å². The van der Waals surface area contributed by atoms with Crippen molar-refractivity contribution in [1.29, 1.82) is 0 Å². The van der Waals surface area contributed by atoms with Crippen LogP contribution in [0.25, 0.3) is 66.8 Å². The van der Waals surface area contributed by atoms with E-state index < -0.39 is 0 Å². The van der Waals surface area contributed by atoms with Crippen molar-refractivity contribution >= 4 is 19.8 Å². The lowest BCUT2D eigenvalue weighted by atomic mass is 9.63. The highest BCUT2D eigenvalue weighted by Crippen LogP contribution is 2.65. The zero-order valence-electron chi connectivity index (χ0n) is 48.7. The lowest BCUT2D eigenvalue weighted by molar-refractivity contribution is 0.568. The Morgan fingerprint density at radius 1 is 0.200 bits per heavy atom. The van der Waals surface area contributed by atoms with Crippen molar-refractivity contribution in [2.75, 3.05) is 0 Å². The fourth-order valence-electron chi connectivity index (χ4n) is 10.6. The summed E-state index contributed by atoms with van der Waals surface area (Å²) in [6.07, 6.45) is 0. The highest BCUT2D eigenvalue weighted by molar-refractivity contribution is 6.92. The second kappa shape index (κ2) is 18.6. The molecular formula is C68H94P2. The van der Waals surface area contributed by atoms with Gasteiger partial charge in [0.1, 0.15) is 0 Å². The number of fused-ring (bicyclic) bond motifs is 4. The highest BCUT2D eigenvalue weighted by Gasteiger charge is 2.41. The fraction of sp³-hybridized carbons (Fsp3) is 0.471. The molecule has 1 aliphatic rings. The van der Waals surface area contributed by atoms with E-state index in [0.29, 0.717) is 0 Å². The Morgan fingerprint density at radius 3 is 0.529 bits per heavy atom. The molecule has 0 aliphatic heterocycles. The van der Waals surface area contributed by atoms with Crippen molar-refractivity contribution < 1.29 is 0 Å². The Hall–Kier alpha value is -3.82. The Morgan fingerprint density at radius 2 is 0.371 bits per heavy atom. The second-order valence-corrected chi connectivity index (χ2v) is 28.8. The first-order chi connectivity index (χ1) is 30.8. The van der Waals surface area contributed by atoms with Crippen LogP contribution >= 0.6 is 19.8 Å². The molecule has 0 spiro atoms. The quantitative estimate of drug-likeness (QED) is 0.154. The van der Waals surface area contributed by atoms with Crippen LogP contribution in [0.15, 0.2) is 97.1 Å². The molecule has 0 N–H and O–H groups in total. The van der Waals surface area contributed by atoms with Gasteiger partial charge < -0.3 is 0 Å². The molecule has 1 aliphatic carbocycles. The molecule has 0 nitrogen and oxygen atoms in total. The molecule has 0 aromatic heterocycles. The second-order valence-electron chi connectivity index (χ2n) is 28.8. The molecule has 0 heterocycles. The van der Waals surface area contributed by atoms with E-state index in [-0.39, 0.29) is 63.1 Å². The molecule has 0 amide bonds. The van der Waals surface area contributed by atoms with Crippen molar-refractivity contribution in [3.8, 4) is 66.8 Å². The Kier molecular flexibility index (Phi) is 15.2. The van der Waals surface area contributed by atoms with Gasteiger partial charge in [0.05, 0.1) is 0 Å². The number of hydrogen-bond donors (Lipinski definition) is 0. The molecule has 6 aromatic carbocycles. The van der Waals surface area contributed by atoms with Gasteiger partial charge in [0.2, 0.25) is 0 Å². The molecule has 70 heavy (non-hydrogen) atoms. The summed E-state index contributed by atoms with van der Waals surface area (Å²) in [6.45, 7) is 57.4. The van der Waals surface area contributed by atoms with Gasteiger partial charge in [-0.05, 0) is 155 Å². The third-order valence-corrected chi connectivity index (χ3v) is 14.8. The van der Waals surface area contributed by atoms with Crippen molar-refractivity contribution in [2.24, 2.45) is 0 Å². The van der Waals surface area contributed by atoms with E-state index in [1.165, 1.54) is 111 Å². The predicted octanol–water partition coefficient (Wildman–Crippen LogP) is 20.5. The van der Waals surface area contributed by atoms with Crippen molar-refractivity contribution in [2.45, 2.75) is 209 Å². The van der Waals surface area contributed by atoms with Gasteiger partial charge in [-0.15, -0.1) is 0 Å². The van der Waals surface area contributed by atoms with E-state index in [9.17, 15) is 0 Å². The van der Waals surface area contributed by atoms with Crippen LogP contribution in [0.2, 0.25) is 0 Å². The van der Waals surface area contributed by atoms with E-state index in [4.69, 9.17) is 0 Å². The summed E-state index contributed by atoms with van der Waals surface area (Å²) in [5.74, 6) is 0. The maximum absolute atomic E-state index is 2.56. The summed E-state index contributed by atoms with van der Waals surface area (Å²) in [4.78, 5) is 0. The SMILES string of the molecule is CC(C)(C)c1ccc(-c2c3c(c(-c4ccc(C(C)(C)C)cc4C(C)(C)C)c(-c4ccc(C(C)(C)C)cc4C(C)(C)C)c2-c2ccc(C(C)(C)C)cc2C(C)(C)C)-c2ccccc2-3)c(C(C)(C)C)c1.P.P. The average Bonchev–Trinajstić information content (AvgIpc) is 3.18. The van der Waals surface area contributed by atoms with Crippen LogP contribution in [0.5, 0.6) is 0 Å². The highest BCUT2D eigenvalue weighted by atomic mass is 31.0. The van der Waals surface area contributed by atoms with E-state index in [2.05, 4.69) is 263 Å². The van der Waals surface area contributed by atoms with Crippen molar-refractivity contribution in [3.05, 3.63) is 142 Å². The van der Waals surface area contributed by atoms with Gasteiger partial charge >= 0.3 is 0 Å². The summed E-state index contributed by atoms with van der Waals surface area (Å²) >= 11 is 0. The van der Waals surface area contributed by atoms with Crippen LogP contribution in [0.3, 0.4) is 0 Å². The summed E-state index contributed by atoms with van der Waals surface area (Å²) in [5, 5.41) is 0. The summed E-state index contributed by atoms with van der Waals surface area (Å²) in [6, 6.07) is 39.4. The monoisotopic (exact) mass is 973 g/mol. The first-order valence-electron chi connectivity index (χ1n) is 25.8. The van der Waals surface area contributed by atoms with Crippen LogP contribution in [0.4, 0.5) is 0 Å². The van der Waals surface area contributed by atoms with Gasteiger partial charge in [0.15, 0.2) is 0 Å². The van der Waals surface area contributed by atoms with Crippen LogP contribution in [-0.4, -0.2) is 0 Å². The summed E-state index contributed by atoms with van der Waals surface area (Å²) in [7, 11) is 0. The molecule has 7 rings (SSSR count). The number of benzene rings is 6. The van der Waals surface area contributed by atoms with Gasteiger partial charge in [-0.25, -0.2) is 0 Å². The van der Waals surface area contributed by atoms with Gasteiger partial charge in [-0.3, -0.25) is 0 Å². The van der Waals surface area contributed by atoms with Gasteiger partial charge in [0, 0.05) is 0 Å². The van der Waals surface area contributed by atoms with Gasteiger partial charge in [0.25, 0.3) is 0 Å². The zero-order chi connectivity index (χ0) is 50.9. The third kappa shape index (κ3) is 10.6. The van der Waals surface area contributed by atoms with E-state index in [1.54, 1.807) is 0 Å². The maximum atomic E-state index is 2.56. The third-order valence-electron chi connectivity index (χ3n) is 14.8. The summed E-state index contributed by atoms with van der Waals surface area (Å²) < 4.78 is 0. The minimum Gasteiger partial charge on any atom is -0.153 e. The first-order valence-corrected chi connectivity index (χ1v) is 25.8. The van der Waals surface area contributed by atoms with Crippen LogP contribution in [-0.2, 0) is 43.3 Å². The average molecular weight is 973 g/mol. The normalized spacial score (nSPS) is 13.5. The smallest absolute Gasteiger partial charge is 0.000730 e. The Balaban J connectivity index is 0.00000456. The molecule has 0 radical (unpaired) electrons. The molecule has 2 unspecified atom stereocenters. The van der Waals surface area contributed by atoms with Crippen molar-refractivity contribution in [1.82, 2.24) is 0 Å². The number of hydrogen-bond acceptors (Lipinski definition) is 0. The Bertz CT molecular complexity index is 2730. The van der Waals surface area contributed by atoms with E-state index in [1.807, 2.05) is 0 Å². The van der Waals surface area contributed by atoms with Gasteiger partial charge in [-0.1, -0.05) is 263 Å². The van der Waals surface area contributed by atoms with Gasteiger partial charge in [-0.2, -0.15) is 19.8 Å². The van der Waals surface area contributed by atoms with E-state index in [0.717, 1.165) is 0 Å². The molecule has 6 aromatic rings. The molecule has 0 saturated heterocycles. The predicted molar refractivity (Wildman–Crippen MR) is 324 cm³/mol. The number of rotatable bonds is 4. The largest absolute Gasteiger partial charge is 0.153 e. The van der Waals surface area contributed by atoms with Crippen molar-refractivity contribution in [3.63, 3.8) is 0 Å². The lowest BCUT2D eigenvalue weighted by Gasteiger charge is -2.40. The summed E-state index contributed by atoms with van der Waals surface area (Å²) in [5.41, 5.74) is 26.6. The minimum atomic E-state index is -0.164. The molecule has 0 bridgehead atoms. The minimum absolute atomic E-state index is 0. The molecule has 0 fully saturated rings. The van der Waals surface area contributed by atoms with Crippen LogP contribution < -0.4 is 0 Å². The standard InChI is InChI=1S/C68H88.2H3P/c1-61(2,3)41-29-33-47(51(37-41)65(13,14)15)57-55-45-27-25-26-28-46(45)56(55)58(48-34-30-42(62(4,5)6)38-52(48)66(16,17)18)60(50-36-32-44(64(10,11)12)40-54(50)68(22,23)24)59(57)49-35-31-43(63(7,8)9)39-53(49)67(19,20)21;;/h25-40H,1-24H3;2*1H3.